The number of benzene rings is 2. The number of amides is 2. The molecule has 0 saturated heterocycles. The first-order valence-corrected chi connectivity index (χ1v) is 9.80. The number of aliphatic carboxylic acids is 1. The summed E-state index contributed by atoms with van der Waals surface area (Å²) < 4.78 is 21.1. The summed E-state index contributed by atoms with van der Waals surface area (Å²) in [6.07, 6.45) is 2.36. The van der Waals surface area contributed by atoms with Crippen LogP contribution in [0.4, 0.5) is 11.4 Å². The number of hydrogen-bond donors (Lipinski definition) is 3. The molecule has 0 saturated carbocycles. The summed E-state index contributed by atoms with van der Waals surface area (Å²) in [5, 5.41) is 14.0. The van der Waals surface area contributed by atoms with Crippen LogP contribution in [0.15, 0.2) is 36.4 Å². The molecule has 10 heteroatoms. The van der Waals surface area contributed by atoms with Crippen LogP contribution in [-0.2, 0) is 14.4 Å². The lowest BCUT2D eigenvalue weighted by Gasteiger charge is -2.13. The first-order valence-electron chi connectivity index (χ1n) is 9.80. The van der Waals surface area contributed by atoms with Crippen molar-refractivity contribution in [2.75, 3.05) is 39.1 Å². The van der Waals surface area contributed by atoms with Gasteiger partial charge >= 0.3 is 5.97 Å². The van der Waals surface area contributed by atoms with E-state index in [0.29, 0.717) is 39.9 Å². The highest BCUT2D eigenvalue weighted by Gasteiger charge is 2.13. The third-order valence-electron chi connectivity index (χ3n) is 4.46. The molecule has 3 N–H and O–H groups in total. The van der Waals surface area contributed by atoms with Gasteiger partial charge in [0.15, 0.2) is 0 Å². The quantitative estimate of drug-likeness (QED) is 0.438. The number of methoxy groups -OCH3 is 4. The number of anilines is 2. The zero-order chi connectivity index (χ0) is 24.4. The van der Waals surface area contributed by atoms with Crippen molar-refractivity contribution in [2.45, 2.75) is 12.8 Å². The van der Waals surface area contributed by atoms with E-state index < -0.39 is 17.8 Å². The molecule has 2 rings (SSSR count). The summed E-state index contributed by atoms with van der Waals surface area (Å²) in [5.41, 5.74) is 1.25. The molecule has 0 heterocycles. The van der Waals surface area contributed by atoms with Gasteiger partial charge in [0.25, 0.3) is 0 Å². The van der Waals surface area contributed by atoms with E-state index in [1.807, 2.05) is 0 Å². The molecule has 0 aromatic heterocycles. The fourth-order valence-electron chi connectivity index (χ4n) is 2.86. The third-order valence-corrected chi connectivity index (χ3v) is 4.46. The van der Waals surface area contributed by atoms with Gasteiger partial charge in [-0.1, -0.05) is 0 Å². The Hall–Kier alpha value is -4.21. The molecule has 0 aliphatic rings. The van der Waals surface area contributed by atoms with Crippen LogP contribution in [0, 0.1) is 0 Å². The Morgan fingerprint density at radius 1 is 0.848 bits per heavy atom. The van der Waals surface area contributed by atoms with Gasteiger partial charge in [0, 0.05) is 30.3 Å². The van der Waals surface area contributed by atoms with Crippen molar-refractivity contribution in [3.05, 3.63) is 42.0 Å². The van der Waals surface area contributed by atoms with E-state index in [4.69, 9.17) is 24.1 Å². The Morgan fingerprint density at radius 2 is 1.48 bits per heavy atom. The molecule has 2 aromatic rings. The van der Waals surface area contributed by atoms with Crippen LogP contribution in [-0.4, -0.2) is 51.3 Å². The minimum Gasteiger partial charge on any atom is -0.496 e. The van der Waals surface area contributed by atoms with Crippen molar-refractivity contribution in [3.63, 3.8) is 0 Å². The van der Waals surface area contributed by atoms with Crippen molar-refractivity contribution >= 4 is 35.2 Å². The molecule has 33 heavy (non-hydrogen) atoms. The minimum absolute atomic E-state index is 0.191. The highest BCUT2D eigenvalue weighted by molar-refractivity contribution is 6.03. The van der Waals surface area contributed by atoms with E-state index in [0.717, 1.165) is 0 Å². The summed E-state index contributed by atoms with van der Waals surface area (Å²) in [7, 11) is 5.94. The number of carbonyl (C=O) groups excluding carboxylic acids is 2. The summed E-state index contributed by atoms with van der Waals surface area (Å²) in [5.74, 6) is -0.172. The Balaban J connectivity index is 2.18. The van der Waals surface area contributed by atoms with Crippen LogP contribution in [0.2, 0.25) is 0 Å². The topological polar surface area (TPSA) is 132 Å². The molecule has 10 nitrogen and oxygen atoms in total. The zero-order valence-electron chi connectivity index (χ0n) is 18.8. The highest BCUT2D eigenvalue weighted by Crippen LogP contribution is 2.35. The van der Waals surface area contributed by atoms with Crippen molar-refractivity contribution in [1.29, 1.82) is 0 Å². The van der Waals surface area contributed by atoms with Crippen LogP contribution >= 0.6 is 0 Å². The van der Waals surface area contributed by atoms with E-state index in [1.165, 1.54) is 40.6 Å². The number of carbonyl (C=O) groups is 3. The molecule has 0 aliphatic heterocycles. The Labute approximate surface area is 191 Å². The molecular formula is C23H26N2O8. The third kappa shape index (κ3) is 7.17. The monoisotopic (exact) mass is 458 g/mol. The van der Waals surface area contributed by atoms with Crippen LogP contribution in [0.3, 0.4) is 0 Å². The number of ether oxygens (including phenoxy) is 4. The normalized spacial score (nSPS) is 10.4. The van der Waals surface area contributed by atoms with E-state index in [-0.39, 0.29) is 12.8 Å². The van der Waals surface area contributed by atoms with Gasteiger partial charge in [0.05, 0.1) is 46.1 Å². The molecule has 0 radical (unpaired) electrons. The molecule has 0 atom stereocenters. The van der Waals surface area contributed by atoms with E-state index >= 15 is 0 Å². The van der Waals surface area contributed by atoms with Crippen LogP contribution in [0.5, 0.6) is 23.0 Å². The van der Waals surface area contributed by atoms with Gasteiger partial charge in [-0.3, -0.25) is 14.4 Å². The molecule has 0 aliphatic carbocycles. The highest BCUT2D eigenvalue weighted by atomic mass is 16.5. The van der Waals surface area contributed by atoms with Gasteiger partial charge in [0.1, 0.15) is 23.0 Å². The van der Waals surface area contributed by atoms with Crippen molar-refractivity contribution in [1.82, 2.24) is 0 Å². The van der Waals surface area contributed by atoms with Crippen LogP contribution in [0.1, 0.15) is 18.4 Å². The van der Waals surface area contributed by atoms with Crippen molar-refractivity contribution < 1.29 is 38.4 Å². The Morgan fingerprint density at radius 3 is 2.03 bits per heavy atom. The summed E-state index contributed by atoms with van der Waals surface area (Å²) >= 11 is 0. The maximum atomic E-state index is 12.5. The number of hydrogen-bond acceptors (Lipinski definition) is 7. The number of nitrogens with one attached hydrogen (secondary N) is 2. The van der Waals surface area contributed by atoms with Crippen LogP contribution in [0.25, 0.3) is 6.08 Å². The van der Waals surface area contributed by atoms with Gasteiger partial charge in [0.2, 0.25) is 11.8 Å². The first kappa shape index (κ1) is 25.1. The molecule has 2 amide bonds. The second-order valence-electron chi connectivity index (χ2n) is 6.63. The molecule has 176 valence electrons. The van der Waals surface area contributed by atoms with Gasteiger partial charge in [-0.2, -0.15) is 0 Å². The fourth-order valence-corrected chi connectivity index (χ4v) is 2.86. The number of rotatable bonds is 11. The Kier molecular flexibility index (Phi) is 9.10. The summed E-state index contributed by atoms with van der Waals surface area (Å²) in [6.45, 7) is 0. The van der Waals surface area contributed by atoms with E-state index in [9.17, 15) is 14.4 Å². The predicted octanol–water partition coefficient (Wildman–Crippen LogP) is 3.18. The summed E-state index contributed by atoms with van der Waals surface area (Å²) in [4.78, 5) is 35.1. The predicted molar refractivity (Wildman–Crippen MR) is 122 cm³/mol. The first-order chi connectivity index (χ1) is 15.8. The zero-order valence-corrected chi connectivity index (χ0v) is 18.8. The largest absolute Gasteiger partial charge is 0.496 e. The lowest BCUT2D eigenvalue weighted by atomic mass is 10.1. The lowest BCUT2D eigenvalue weighted by molar-refractivity contribution is -0.138. The fraction of sp³-hybridized carbons (Fsp3) is 0.261. The number of carboxylic acid groups (broad SMARTS) is 1. The average Bonchev–Trinajstić information content (AvgIpc) is 2.81. The number of carboxylic acids is 1. The lowest BCUT2D eigenvalue weighted by Crippen LogP contribution is -2.14. The van der Waals surface area contributed by atoms with Crippen LogP contribution < -0.4 is 29.6 Å². The minimum atomic E-state index is -1.07. The van der Waals surface area contributed by atoms with Gasteiger partial charge in [-0.15, -0.1) is 0 Å². The standard InChI is InChI=1S/C23H26N2O8/c1-30-15-12-19(32-3)16(20(13-15)33-4)6-8-21(26)24-14-5-7-18(31-2)17(11-14)25-22(27)9-10-23(28)29/h5-8,11-13H,9-10H2,1-4H3,(H,24,26)(H,25,27)(H,28,29)/b8-6+. The molecule has 0 unspecified atom stereocenters. The van der Waals surface area contributed by atoms with Crippen molar-refractivity contribution in [3.8, 4) is 23.0 Å². The van der Waals surface area contributed by atoms with E-state index in [1.54, 1.807) is 30.3 Å². The Bertz CT molecular complexity index is 1020. The second kappa shape index (κ2) is 12.0. The average molecular weight is 458 g/mol. The molecule has 0 bridgehead atoms. The van der Waals surface area contributed by atoms with Crippen molar-refractivity contribution in [2.24, 2.45) is 0 Å². The van der Waals surface area contributed by atoms with Gasteiger partial charge in [-0.05, 0) is 24.3 Å². The maximum absolute atomic E-state index is 12.5. The molecule has 0 fully saturated rings. The molecule has 0 spiro atoms. The van der Waals surface area contributed by atoms with E-state index in [2.05, 4.69) is 10.6 Å². The summed E-state index contributed by atoms with van der Waals surface area (Å²) in [6, 6.07) is 8.03. The second-order valence-corrected chi connectivity index (χ2v) is 6.63. The molecule has 2 aromatic carbocycles. The van der Waals surface area contributed by atoms with Gasteiger partial charge in [-0.25, -0.2) is 0 Å². The van der Waals surface area contributed by atoms with Gasteiger partial charge < -0.3 is 34.7 Å². The smallest absolute Gasteiger partial charge is 0.303 e. The SMILES string of the molecule is COc1cc(OC)c(/C=C/C(=O)Nc2ccc(OC)c(NC(=O)CCC(=O)O)c2)c(OC)c1. The maximum Gasteiger partial charge on any atom is 0.303 e. The molecular weight excluding hydrogens is 432 g/mol.